The molecule has 0 fully saturated rings. The van der Waals surface area contributed by atoms with E-state index in [9.17, 15) is 4.79 Å². The van der Waals surface area contributed by atoms with Gasteiger partial charge in [0.1, 0.15) is 6.61 Å². The minimum absolute atomic E-state index is 0.00867. The van der Waals surface area contributed by atoms with Crippen molar-refractivity contribution in [2.75, 3.05) is 31.7 Å². The molecule has 40 heavy (non-hydrogen) atoms. The third-order valence-corrected chi connectivity index (χ3v) is 7.59. The molecule has 0 N–H and O–H groups in total. The zero-order valence-corrected chi connectivity index (χ0v) is 23.4. The Hall–Kier alpha value is -3.81. The van der Waals surface area contributed by atoms with Crippen molar-refractivity contribution in [1.29, 1.82) is 0 Å². The van der Waals surface area contributed by atoms with Crippen LogP contribution >= 0.6 is 0 Å². The van der Waals surface area contributed by atoms with Crippen LogP contribution in [0.1, 0.15) is 48.9 Å². The van der Waals surface area contributed by atoms with Crippen LogP contribution in [0, 0.1) is 0 Å². The maximum atomic E-state index is 13.3. The van der Waals surface area contributed by atoms with Crippen molar-refractivity contribution in [3.05, 3.63) is 102 Å². The smallest absolute Gasteiger partial charge is 0.252 e. The lowest BCUT2D eigenvalue weighted by Crippen LogP contribution is -2.36. The largest absolute Gasteiger partial charge is 0.375 e. The highest BCUT2D eigenvalue weighted by molar-refractivity contribution is 5.95. The molecule has 0 radical (unpaired) electrons. The molecule has 7 nitrogen and oxygen atoms in total. The van der Waals surface area contributed by atoms with E-state index in [1.54, 1.807) is 7.11 Å². The Kier molecular flexibility index (Phi) is 9.72. The number of fused-ring (bicyclic) bond motifs is 1. The lowest BCUT2D eigenvalue weighted by molar-refractivity contribution is -0.122. The van der Waals surface area contributed by atoms with E-state index in [0.717, 1.165) is 67.8 Å². The van der Waals surface area contributed by atoms with Crippen LogP contribution in [0.25, 0.3) is 11.1 Å². The number of pyridine rings is 2. The van der Waals surface area contributed by atoms with Crippen molar-refractivity contribution in [3.8, 4) is 11.1 Å². The van der Waals surface area contributed by atoms with Crippen LogP contribution in [0.4, 0.5) is 5.69 Å². The van der Waals surface area contributed by atoms with Crippen LogP contribution in [0.5, 0.6) is 0 Å². The SMILES string of the molecule is COCC(=O)N1CCCCCCCN(Cc2cccn2Cc2cccnc2)Cc2cc(-c3ccncc3)ccc21. The average Bonchev–Trinajstić information content (AvgIpc) is 3.41. The second-order valence-corrected chi connectivity index (χ2v) is 10.5. The molecule has 5 rings (SSSR count). The first kappa shape index (κ1) is 27.7. The highest BCUT2D eigenvalue weighted by atomic mass is 16.5. The Morgan fingerprint density at radius 3 is 2.48 bits per heavy atom. The molecule has 0 unspecified atom stereocenters. The number of amides is 1. The van der Waals surface area contributed by atoms with E-state index in [-0.39, 0.29) is 12.5 Å². The molecule has 1 aliphatic rings. The molecule has 0 atom stereocenters. The second kappa shape index (κ2) is 14.0. The summed E-state index contributed by atoms with van der Waals surface area (Å²) in [6.07, 6.45) is 15.2. The van der Waals surface area contributed by atoms with E-state index >= 15 is 0 Å². The standard InChI is InChI=1S/C33H39N5O2/c1-40-26-33(39)38-20-6-4-2-3-5-18-36(25-31-10-8-19-37(31)23-27-9-7-15-35-22-27)24-30-21-29(11-12-32(30)38)28-13-16-34-17-14-28/h7-17,19,21-22H,2-6,18,20,23-26H2,1H3. The van der Waals surface area contributed by atoms with Crippen molar-refractivity contribution < 1.29 is 9.53 Å². The van der Waals surface area contributed by atoms with Gasteiger partial charge >= 0.3 is 0 Å². The van der Waals surface area contributed by atoms with Crippen LogP contribution in [-0.4, -0.2) is 52.1 Å². The Bertz CT molecular complexity index is 1360. The fourth-order valence-corrected chi connectivity index (χ4v) is 5.54. The number of anilines is 1. The molecule has 3 aromatic heterocycles. The Morgan fingerprint density at radius 1 is 0.850 bits per heavy atom. The predicted molar refractivity (Wildman–Crippen MR) is 159 cm³/mol. The van der Waals surface area contributed by atoms with Crippen LogP contribution in [-0.2, 0) is 29.2 Å². The van der Waals surface area contributed by atoms with Crippen molar-refractivity contribution in [2.24, 2.45) is 0 Å². The molecule has 7 heteroatoms. The number of ether oxygens (including phenoxy) is 1. The molecular weight excluding hydrogens is 498 g/mol. The second-order valence-electron chi connectivity index (χ2n) is 10.5. The number of carbonyl (C=O) groups is 1. The van der Waals surface area contributed by atoms with Gasteiger partial charge in [0.25, 0.3) is 5.91 Å². The number of carbonyl (C=O) groups excluding carboxylic acids is 1. The highest BCUT2D eigenvalue weighted by Crippen LogP contribution is 2.30. The minimum Gasteiger partial charge on any atom is -0.375 e. The summed E-state index contributed by atoms with van der Waals surface area (Å²) in [5.74, 6) is 0.00867. The van der Waals surface area contributed by atoms with Crippen LogP contribution in [0.15, 0.2) is 85.6 Å². The summed E-state index contributed by atoms with van der Waals surface area (Å²) < 4.78 is 7.59. The highest BCUT2D eigenvalue weighted by Gasteiger charge is 2.22. The zero-order valence-electron chi connectivity index (χ0n) is 23.4. The monoisotopic (exact) mass is 537 g/mol. The lowest BCUT2D eigenvalue weighted by Gasteiger charge is -2.30. The van der Waals surface area contributed by atoms with Crippen molar-refractivity contribution in [1.82, 2.24) is 19.4 Å². The first-order valence-corrected chi connectivity index (χ1v) is 14.3. The van der Waals surface area contributed by atoms with Gasteiger partial charge in [0.15, 0.2) is 0 Å². The Balaban J connectivity index is 1.48. The third-order valence-electron chi connectivity index (χ3n) is 7.59. The summed E-state index contributed by atoms with van der Waals surface area (Å²) in [6, 6.07) is 19.0. The first-order chi connectivity index (χ1) is 19.7. The van der Waals surface area contributed by atoms with Crippen molar-refractivity contribution in [2.45, 2.75) is 51.7 Å². The molecule has 0 bridgehead atoms. The molecule has 208 valence electrons. The molecule has 1 amide bonds. The van der Waals surface area contributed by atoms with E-state index in [0.29, 0.717) is 6.54 Å². The fraction of sp³-hybridized carbons (Fsp3) is 0.364. The van der Waals surface area contributed by atoms with Gasteiger partial charge in [0.2, 0.25) is 0 Å². The van der Waals surface area contributed by atoms with E-state index in [2.05, 4.69) is 62.0 Å². The lowest BCUT2D eigenvalue weighted by atomic mass is 10.0. The van der Waals surface area contributed by atoms with Gasteiger partial charge in [0.05, 0.1) is 0 Å². The van der Waals surface area contributed by atoms with E-state index in [1.165, 1.54) is 24.1 Å². The van der Waals surface area contributed by atoms with Gasteiger partial charge in [-0.15, -0.1) is 0 Å². The number of methoxy groups -OCH3 is 1. The molecule has 1 aliphatic heterocycles. The molecule has 4 aromatic rings. The van der Waals surface area contributed by atoms with Crippen molar-refractivity contribution in [3.63, 3.8) is 0 Å². The van der Waals surface area contributed by atoms with Crippen LogP contribution in [0.2, 0.25) is 0 Å². The maximum absolute atomic E-state index is 13.3. The summed E-state index contributed by atoms with van der Waals surface area (Å²) in [5, 5.41) is 0. The predicted octanol–water partition coefficient (Wildman–Crippen LogP) is 5.94. The molecule has 0 saturated carbocycles. The Morgan fingerprint density at radius 2 is 1.68 bits per heavy atom. The molecule has 4 heterocycles. The number of aromatic nitrogens is 3. The molecule has 0 aliphatic carbocycles. The number of hydrogen-bond donors (Lipinski definition) is 0. The number of benzene rings is 1. The van der Waals surface area contributed by atoms with E-state index in [4.69, 9.17) is 4.74 Å². The van der Waals surface area contributed by atoms with Gasteiger partial charge in [0, 0.05) is 75.7 Å². The average molecular weight is 538 g/mol. The molecule has 1 aromatic carbocycles. The van der Waals surface area contributed by atoms with E-state index in [1.807, 2.05) is 47.9 Å². The minimum atomic E-state index is 0.00867. The zero-order chi connectivity index (χ0) is 27.6. The Labute approximate surface area is 237 Å². The van der Waals surface area contributed by atoms with Gasteiger partial charge < -0.3 is 14.2 Å². The van der Waals surface area contributed by atoms with Gasteiger partial charge in [-0.25, -0.2) is 0 Å². The van der Waals surface area contributed by atoms with Gasteiger partial charge in [-0.3, -0.25) is 19.7 Å². The molecular formula is C33H39N5O2. The van der Waals surface area contributed by atoms with Gasteiger partial charge in [-0.1, -0.05) is 31.4 Å². The number of hydrogen-bond acceptors (Lipinski definition) is 5. The van der Waals surface area contributed by atoms with Crippen LogP contribution in [0.3, 0.4) is 0 Å². The summed E-state index contributed by atoms with van der Waals surface area (Å²) in [7, 11) is 1.59. The summed E-state index contributed by atoms with van der Waals surface area (Å²) in [4.78, 5) is 26.2. The molecule has 0 spiro atoms. The maximum Gasteiger partial charge on any atom is 0.252 e. The molecule has 0 saturated heterocycles. The normalized spacial score (nSPS) is 15.2. The first-order valence-electron chi connectivity index (χ1n) is 14.3. The van der Waals surface area contributed by atoms with Gasteiger partial charge in [-0.2, -0.15) is 0 Å². The van der Waals surface area contributed by atoms with Crippen LogP contribution < -0.4 is 4.90 Å². The summed E-state index contributed by atoms with van der Waals surface area (Å²) >= 11 is 0. The van der Waals surface area contributed by atoms with Crippen molar-refractivity contribution >= 4 is 11.6 Å². The topological polar surface area (TPSA) is 63.5 Å². The summed E-state index contributed by atoms with van der Waals surface area (Å²) in [5.41, 5.74) is 6.85. The number of nitrogens with zero attached hydrogens (tertiary/aromatic N) is 5. The third kappa shape index (κ3) is 7.23. The quantitative estimate of drug-likeness (QED) is 0.292. The fourth-order valence-electron chi connectivity index (χ4n) is 5.54. The number of rotatable bonds is 7. The van der Waals surface area contributed by atoms with E-state index < -0.39 is 0 Å². The van der Waals surface area contributed by atoms with Gasteiger partial charge in [-0.05, 0) is 84.1 Å². The summed E-state index contributed by atoms with van der Waals surface area (Å²) in [6.45, 7) is 4.17.